The average Bonchev–Trinajstić information content (AvgIpc) is 3.05. The van der Waals surface area contributed by atoms with Crippen molar-refractivity contribution >= 4 is 17.7 Å². The summed E-state index contributed by atoms with van der Waals surface area (Å²) in [4.78, 5) is 11.9. The van der Waals surface area contributed by atoms with Gasteiger partial charge in [0, 0.05) is 5.69 Å². The number of nitrogens with one attached hydrogen (secondary N) is 2. The zero-order valence-corrected chi connectivity index (χ0v) is 13.0. The molecule has 2 heterocycles. The minimum Gasteiger partial charge on any atom is -0.466 e. The van der Waals surface area contributed by atoms with Crippen molar-refractivity contribution in [3.8, 4) is 11.5 Å². The number of urea groups is 1. The summed E-state index contributed by atoms with van der Waals surface area (Å²) in [6.45, 7) is 5.59. The Morgan fingerprint density at radius 1 is 1.04 bits per heavy atom. The molecule has 0 radical (unpaired) electrons. The highest BCUT2D eigenvalue weighted by Crippen LogP contribution is 2.26. The fourth-order valence-electron chi connectivity index (χ4n) is 2.21. The van der Waals surface area contributed by atoms with Gasteiger partial charge in [0.1, 0.15) is 11.5 Å². The number of hydrogen-bond acceptors (Lipinski definition) is 5. The molecule has 0 unspecified atom stereocenters. The van der Waals surface area contributed by atoms with Gasteiger partial charge in [0.05, 0.1) is 5.56 Å². The Balaban J connectivity index is 1.69. The van der Waals surface area contributed by atoms with Crippen molar-refractivity contribution in [1.29, 1.82) is 0 Å². The second-order valence-electron chi connectivity index (χ2n) is 5.19. The quantitative estimate of drug-likeness (QED) is 0.765. The lowest BCUT2D eigenvalue weighted by Crippen LogP contribution is -2.19. The van der Waals surface area contributed by atoms with Gasteiger partial charge in [0.25, 0.3) is 5.89 Å². The van der Waals surface area contributed by atoms with Gasteiger partial charge in [-0.1, -0.05) is 17.2 Å². The highest BCUT2D eigenvalue weighted by atomic mass is 16.4. The first-order valence-electron chi connectivity index (χ1n) is 7.07. The normalized spacial score (nSPS) is 10.6. The SMILES string of the molecule is Cc1cccc(NC(=O)Nc2nnc(-c3cc(C)oc3C)o2)c1. The molecule has 118 valence electrons. The summed E-state index contributed by atoms with van der Waals surface area (Å²) in [6.07, 6.45) is 0. The number of benzene rings is 1. The molecule has 0 aliphatic rings. The summed E-state index contributed by atoms with van der Waals surface area (Å²) in [7, 11) is 0. The summed E-state index contributed by atoms with van der Waals surface area (Å²) in [5, 5.41) is 12.9. The Labute approximate surface area is 132 Å². The maximum Gasteiger partial charge on any atom is 0.327 e. The Kier molecular flexibility index (Phi) is 3.84. The maximum absolute atomic E-state index is 11.9. The van der Waals surface area contributed by atoms with Gasteiger partial charge >= 0.3 is 12.0 Å². The van der Waals surface area contributed by atoms with Crippen molar-refractivity contribution in [2.24, 2.45) is 0 Å². The van der Waals surface area contributed by atoms with E-state index in [0.29, 0.717) is 22.9 Å². The highest BCUT2D eigenvalue weighted by Gasteiger charge is 2.15. The third kappa shape index (κ3) is 3.39. The van der Waals surface area contributed by atoms with E-state index in [2.05, 4.69) is 20.8 Å². The number of furan rings is 1. The van der Waals surface area contributed by atoms with E-state index >= 15 is 0 Å². The van der Waals surface area contributed by atoms with E-state index in [4.69, 9.17) is 8.83 Å². The van der Waals surface area contributed by atoms with Crippen LogP contribution in [0.5, 0.6) is 0 Å². The molecule has 0 saturated carbocycles. The van der Waals surface area contributed by atoms with E-state index in [1.54, 1.807) is 12.1 Å². The standard InChI is InChI=1S/C16H16N4O3/c1-9-5-4-6-12(7-9)17-15(21)18-16-20-19-14(23-16)13-8-10(2)22-11(13)3/h4-8H,1-3H3,(H2,17,18,20,21). The van der Waals surface area contributed by atoms with Crippen LogP contribution in [0.25, 0.3) is 11.5 Å². The third-order valence-electron chi connectivity index (χ3n) is 3.19. The molecule has 0 aliphatic carbocycles. The fraction of sp³-hybridized carbons (Fsp3) is 0.188. The Bertz CT molecular complexity index is 851. The first-order chi connectivity index (χ1) is 11.0. The number of hydrogen-bond donors (Lipinski definition) is 2. The zero-order chi connectivity index (χ0) is 16.4. The monoisotopic (exact) mass is 312 g/mol. The molecular weight excluding hydrogens is 296 g/mol. The molecule has 3 aromatic rings. The molecule has 2 amide bonds. The van der Waals surface area contributed by atoms with Crippen LogP contribution >= 0.6 is 0 Å². The fourth-order valence-corrected chi connectivity index (χ4v) is 2.21. The molecule has 2 N–H and O–H groups in total. The van der Waals surface area contributed by atoms with Crippen LogP contribution in [0.4, 0.5) is 16.5 Å². The molecule has 7 heteroatoms. The van der Waals surface area contributed by atoms with Crippen molar-refractivity contribution in [3.05, 3.63) is 47.4 Å². The van der Waals surface area contributed by atoms with Gasteiger partial charge in [0.2, 0.25) is 0 Å². The number of aromatic nitrogens is 2. The molecule has 2 aromatic heterocycles. The second kappa shape index (κ2) is 5.96. The van der Waals surface area contributed by atoms with Gasteiger partial charge in [0.15, 0.2) is 0 Å². The molecule has 3 rings (SSSR count). The summed E-state index contributed by atoms with van der Waals surface area (Å²) in [5.74, 6) is 1.73. The molecule has 0 saturated heterocycles. The molecule has 1 aromatic carbocycles. The predicted octanol–water partition coefficient (Wildman–Crippen LogP) is 3.90. The number of amides is 2. The minimum absolute atomic E-state index is 0.0170. The summed E-state index contributed by atoms with van der Waals surface area (Å²) < 4.78 is 10.9. The summed E-state index contributed by atoms with van der Waals surface area (Å²) in [5.41, 5.74) is 2.44. The predicted molar refractivity (Wildman–Crippen MR) is 85.3 cm³/mol. The van der Waals surface area contributed by atoms with Gasteiger partial charge in [-0.2, -0.15) is 0 Å². The summed E-state index contributed by atoms with van der Waals surface area (Å²) >= 11 is 0. The number of carbonyl (C=O) groups excluding carboxylic acids is 1. The van der Waals surface area contributed by atoms with Crippen molar-refractivity contribution in [1.82, 2.24) is 10.2 Å². The van der Waals surface area contributed by atoms with E-state index in [1.165, 1.54) is 0 Å². The molecular formula is C16H16N4O3. The van der Waals surface area contributed by atoms with Crippen LogP contribution in [0.2, 0.25) is 0 Å². The molecule has 0 spiro atoms. The molecule has 0 fully saturated rings. The van der Waals surface area contributed by atoms with Crippen molar-refractivity contribution in [2.75, 3.05) is 10.6 Å². The Hall–Kier alpha value is -3.09. The molecule has 0 aliphatic heterocycles. The van der Waals surface area contributed by atoms with Gasteiger partial charge in [-0.05, 0) is 44.5 Å². The number of carbonyl (C=O) groups is 1. The minimum atomic E-state index is -0.453. The topological polar surface area (TPSA) is 93.2 Å². The average molecular weight is 312 g/mol. The van der Waals surface area contributed by atoms with Crippen molar-refractivity contribution in [2.45, 2.75) is 20.8 Å². The Morgan fingerprint density at radius 2 is 1.87 bits per heavy atom. The third-order valence-corrected chi connectivity index (χ3v) is 3.19. The van der Waals surface area contributed by atoms with E-state index in [-0.39, 0.29) is 6.01 Å². The van der Waals surface area contributed by atoms with Gasteiger partial charge < -0.3 is 14.2 Å². The van der Waals surface area contributed by atoms with Crippen LogP contribution in [0, 0.1) is 20.8 Å². The molecule has 0 atom stereocenters. The van der Waals surface area contributed by atoms with Crippen molar-refractivity contribution < 1.29 is 13.6 Å². The first kappa shape index (κ1) is 14.8. The number of aryl methyl sites for hydroxylation is 3. The molecule has 23 heavy (non-hydrogen) atoms. The highest BCUT2D eigenvalue weighted by molar-refractivity contribution is 5.98. The number of anilines is 2. The zero-order valence-electron chi connectivity index (χ0n) is 13.0. The lowest BCUT2D eigenvalue weighted by molar-refractivity contribution is 0.261. The van der Waals surface area contributed by atoms with E-state index in [9.17, 15) is 4.79 Å². The van der Waals surface area contributed by atoms with Crippen molar-refractivity contribution in [3.63, 3.8) is 0 Å². The van der Waals surface area contributed by atoms with Gasteiger partial charge in [-0.25, -0.2) is 4.79 Å². The van der Waals surface area contributed by atoms with Crippen LogP contribution in [-0.4, -0.2) is 16.2 Å². The second-order valence-corrected chi connectivity index (χ2v) is 5.19. The van der Waals surface area contributed by atoms with Crippen LogP contribution in [-0.2, 0) is 0 Å². The smallest absolute Gasteiger partial charge is 0.327 e. The first-order valence-corrected chi connectivity index (χ1v) is 7.07. The maximum atomic E-state index is 11.9. The molecule has 7 nitrogen and oxygen atoms in total. The lowest BCUT2D eigenvalue weighted by Gasteiger charge is -2.05. The van der Waals surface area contributed by atoms with E-state index in [0.717, 1.165) is 11.3 Å². The number of rotatable bonds is 3. The lowest BCUT2D eigenvalue weighted by atomic mass is 10.2. The van der Waals surface area contributed by atoms with Gasteiger partial charge in [-0.15, -0.1) is 5.10 Å². The number of nitrogens with zero attached hydrogens (tertiary/aromatic N) is 2. The largest absolute Gasteiger partial charge is 0.466 e. The van der Waals surface area contributed by atoms with Crippen LogP contribution in [0.3, 0.4) is 0 Å². The van der Waals surface area contributed by atoms with Crippen LogP contribution in [0.1, 0.15) is 17.1 Å². The molecule has 0 bridgehead atoms. The van der Waals surface area contributed by atoms with Crippen LogP contribution < -0.4 is 10.6 Å². The van der Waals surface area contributed by atoms with E-state index < -0.39 is 6.03 Å². The van der Waals surface area contributed by atoms with Gasteiger partial charge in [-0.3, -0.25) is 5.32 Å². The Morgan fingerprint density at radius 3 is 2.57 bits per heavy atom. The van der Waals surface area contributed by atoms with E-state index in [1.807, 2.05) is 39.0 Å². The summed E-state index contributed by atoms with van der Waals surface area (Å²) in [6, 6.07) is 8.83. The van der Waals surface area contributed by atoms with Crippen LogP contribution in [0.15, 0.2) is 39.2 Å².